The third-order valence-corrected chi connectivity index (χ3v) is 4.03. The van der Waals surface area contributed by atoms with Gasteiger partial charge in [0.05, 0.1) is 5.75 Å². The maximum Gasteiger partial charge on any atom is 0.211 e. The van der Waals surface area contributed by atoms with E-state index in [-0.39, 0.29) is 5.75 Å². The fourth-order valence-electron chi connectivity index (χ4n) is 1.17. The van der Waals surface area contributed by atoms with Crippen LogP contribution >= 0.6 is 15.9 Å². The normalized spacial score (nSPS) is 11.5. The summed E-state index contributed by atoms with van der Waals surface area (Å²) in [5.41, 5.74) is 1.02. The minimum atomic E-state index is -3.11. The molecule has 1 rings (SSSR count). The highest BCUT2D eigenvalue weighted by Gasteiger charge is 2.05. The Morgan fingerprint density at radius 1 is 1.35 bits per heavy atom. The predicted octanol–water partition coefficient (Wildman–Crippen LogP) is 1.50. The zero-order valence-corrected chi connectivity index (χ0v) is 12.2. The first-order valence-electron chi connectivity index (χ1n) is 5.29. The molecule has 5 nitrogen and oxygen atoms in total. The second-order valence-corrected chi connectivity index (χ2v) is 6.43. The van der Waals surface area contributed by atoms with Gasteiger partial charge >= 0.3 is 0 Å². The lowest BCUT2D eigenvalue weighted by molar-refractivity contribution is 0.584. The third-order valence-electron chi connectivity index (χ3n) is 2.18. The first-order valence-corrected chi connectivity index (χ1v) is 7.73. The molecule has 1 heterocycles. The van der Waals surface area contributed by atoms with Crippen LogP contribution in [0, 0.1) is 6.92 Å². The van der Waals surface area contributed by atoms with E-state index in [2.05, 4.69) is 31.0 Å². The van der Waals surface area contributed by atoms with Gasteiger partial charge in [-0.15, -0.1) is 0 Å². The van der Waals surface area contributed by atoms with E-state index in [4.69, 9.17) is 0 Å². The number of aromatic nitrogens is 1. The highest BCUT2D eigenvalue weighted by molar-refractivity contribution is 9.10. The zero-order chi connectivity index (χ0) is 12.9. The summed E-state index contributed by atoms with van der Waals surface area (Å²) in [6.45, 7) is 4.40. The third kappa shape index (κ3) is 5.01. The van der Waals surface area contributed by atoms with Crippen LogP contribution in [0.2, 0.25) is 0 Å². The zero-order valence-electron chi connectivity index (χ0n) is 9.83. The van der Waals surface area contributed by atoms with Crippen molar-refractivity contribution in [2.75, 3.05) is 24.2 Å². The van der Waals surface area contributed by atoms with Gasteiger partial charge in [0.15, 0.2) is 0 Å². The lowest BCUT2D eigenvalue weighted by Crippen LogP contribution is -2.30. The molecule has 0 atom stereocenters. The Bertz CT molecular complexity index is 476. The van der Waals surface area contributed by atoms with E-state index >= 15 is 0 Å². The molecule has 0 unspecified atom stereocenters. The quantitative estimate of drug-likeness (QED) is 0.615. The van der Waals surface area contributed by atoms with Gasteiger partial charge in [-0.3, -0.25) is 0 Å². The molecule has 0 aliphatic rings. The predicted molar refractivity (Wildman–Crippen MR) is 72.6 cm³/mol. The van der Waals surface area contributed by atoms with Gasteiger partial charge in [0, 0.05) is 13.1 Å². The number of nitrogens with one attached hydrogen (secondary N) is 2. The van der Waals surface area contributed by atoms with Gasteiger partial charge in [0.2, 0.25) is 10.0 Å². The van der Waals surface area contributed by atoms with Crippen LogP contribution in [-0.2, 0) is 10.0 Å². The highest BCUT2D eigenvalue weighted by Crippen LogP contribution is 2.15. The molecule has 96 valence electrons. The minimum Gasteiger partial charge on any atom is -0.369 e. The molecule has 7 heteroatoms. The van der Waals surface area contributed by atoms with Crippen molar-refractivity contribution in [3.63, 3.8) is 0 Å². The molecule has 0 bridgehead atoms. The number of aryl methyl sites for hydroxylation is 1. The van der Waals surface area contributed by atoms with Gasteiger partial charge in [-0.05, 0) is 41.4 Å². The Kier molecular flexibility index (Phi) is 5.35. The summed E-state index contributed by atoms with van der Waals surface area (Å²) < 4.78 is 25.6. The topological polar surface area (TPSA) is 71.1 Å². The van der Waals surface area contributed by atoms with Crippen LogP contribution in [-0.4, -0.2) is 32.2 Å². The first-order chi connectivity index (χ1) is 7.94. The van der Waals surface area contributed by atoms with E-state index in [1.165, 1.54) is 0 Å². The van der Waals surface area contributed by atoms with Crippen molar-refractivity contribution in [1.29, 1.82) is 0 Å². The fraction of sp³-hybridized carbons (Fsp3) is 0.500. The molecule has 0 radical (unpaired) electrons. The molecule has 2 N–H and O–H groups in total. The summed E-state index contributed by atoms with van der Waals surface area (Å²) in [5.74, 6) is 0.858. The number of pyridine rings is 1. The number of sulfonamides is 1. The van der Waals surface area contributed by atoms with E-state index < -0.39 is 10.0 Å². The van der Waals surface area contributed by atoms with Gasteiger partial charge < -0.3 is 5.32 Å². The highest BCUT2D eigenvalue weighted by atomic mass is 79.9. The molecule has 0 spiro atoms. The van der Waals surface area contributed by atoms with Crippen LogP contribution in [0.5, 0.6) is 0 Å². The molecule has 0 aliphatic heterocycles. The molecular formula is C10H16BrN3O2S. The van der Waals surface area contributed by atoms with Crippen LogP contribution in [0.4, 0.5) is 5.82 Å². The second kappa shape index (κ2) is 6.32. The van der Waals surface area contributed by atoms with Crippen molar-refractivity contribution in [2.45, 2.75) is 13.8 Å². The summed E-state index contributed by atoms with van der Waals surface area (Å²) in [6.07, 6.45) is 0. The maximum atomic E-state index is 11.2. The smallest absolute Gasteiger partial charge is 0.211 e. The second-order valence-electron chi connectivity index (χ2n) is 3.52. The SMILES string of the molecule is CCS(=O)(=O)NCCNc1nc(Br)ccc1C. The average molecular weight is 322 g/mol. The Balaban J connectivity index is 2.44. The number of rotatable bonds is 6. The van der Waals surface area contributed by atoms with Crippen molar-refractivity contribution >= 4 is 31.8 Å². The lowest BCUT2D eigenvalue weighted by Gasteiger charge is -2.09. The molecule has 0 saturated heterocycles. The van der Waals surface area contributed by atoms with E-state index in [9.17, 15) is 8.42 Å². The Labute approximate surface area is 110 Å². The molecular weight excluding hydrogens is 306 g/mol. The molecule has 0 saturated carbocycles. The minimum absolute atomic E-state index is 0.0984. The molecule has 1 aromatic heterocycles. The van der Waals surface area contributed by atoms with Gasteiger partial charge in [-0.2, -0.15) is 0 Å². The summed E-state index contributed by atoms with van der Waals surface area (Å²) in [4.78, 5) is 4.26. The fourth-order valence-corrected chi connectivity index (χ4v) is 2.10. The average Bonchev–Trinajstić information content (AvgIpc) is 2.29. The van der Waals surface area contributed by atoms with Crippen LogP contribution in [0.25, 0.3) is 0 Å². The van der Waals surface area contributed by atoms with Crippen LogP contribution in [0.15, 0.2) is 16.7 Å². The monoisotopic (exact) mass is 321 g/mol. The number of halogens is 1. The first kappa shape index (κ1) is 14.4. The molecule has 0 aliphatic carbocycles. The lowest BCUT2D eigenvalue weighted by atomic mass is 10.3. The molecule has 1 aromatic rings. The van der Waals surface area contributed by atoms with E-state index in [0.717, 1.165) is 16.0 Å². The van der Waals surface area contributed by atoms with Crippen LogP contribution in [0.3, 0.4) is 0 Å². The molecule has 0 aromatic carbocycles. The van der Waals surface area contributed by atoms with Crippen molar-refractivity contribution in [2.24, 2.45) is 0 Å². The van der Waals surface area contributed by atoms with Gasteiger partial charge in [0.1, 0.15) is 10.4 Å². The van der Waals surface area contributed by atoms with Crippen molar-refractivity contribution in [3.8, 4) is 0 Å². The van der Waals surface area contributed by atoms with Gasteiger partial charge in [0.25, 0.3) is 0 Å². The van der Waals surface area contributed by atoms with Crippen molar-refractivity contribution in [3.05, 3.63) is 22.3 Å². The van der Waals surface area contributed by atoms with E-state index in [1.54, 1.807) is 6.92 Å². The van der Waals surface area contributed by atoms with Crippen LogP contribution in [0.1, 0.15) is 12.5 Å². The van der Waals surface area contributed by atoms with E-state index in [1.807, 2.05) is 19.1 Å². The number of nitrogens with zero attached hydrogens (tertiary/aromatic N) is 1. The summed E-state index contributed by atoms with van der Waals surface area (Å²) in [6, 6.07) is 3.80. The largest absolute Gasteiger partial charge is 0.369 e. The summed E-state index contributed by atoms with van der Waals surface area (Å²) >= 11 is 3.29. The Hall–Kier alpha value is -0.660. The van der Waals surface area contributed by atoms with Crippen LogP contribution < -0.4 is 10.0 Å². The molecule has 0 amide bonds. The van der Waals surface area contributed by atoms with E-state index in [0.29, 0.717) is 13.1 Å². The van der Waals surface area contributed by atoms with Gasteiger partial charge in [-0.1, -0.05) is 6.07 Å². The standard InChI is InChI=1S/C10H16BrN3O2S/c1-3-17(15,16)13-7-6-12-10-8(2)4-5-9(11)14-10/h4-5,13H,3,6-7H2,1-2H3,(H,12,14). The number of hydrogen-bond donors (Lipinski definition) is 2. The van der Waals surface area contributed by atoms with Crippen molar-refractivity contribution in [1.82, 2.24) is 9.71 Å². The maximum absolute atomic E-state index is 11.2. The molecule has 0 fully saturated rings. The summed E-state index contributed by atoms with van der Waals surface area (Å²) in [7, 11) is -3.11. The number of anilines is 1. The summed E-state index contributed by atoms with van der Waals surface area (Å²) in [5, 5.41) is 3.08. The van der Waals surface area contributed by atoms with Gasteiger partial charge in [-0.25, -0.2) is 18.1 Å². The Morgan fingerprint density at radius 2 is 2.06 bits per heavy atom. The van der Waals surface area contributed by atoms with Crippen molar-refractivity contribution < 1.29 is 8.42 Å². The number of hydrogen-bond acceptors (Lipinski definition) is 4. The molecule has 17 heavy (non-hydrogen) atoms. The Morgan fingerprint density at radius 3 is 2.71 bits per heavy atom.